The predicted molar refractivity (Wildman–Crippen MR) is 131 cm³/mol. The van der Waals surface area contributed by atoms with Crippen LogP contribution < -0.4 is 15.6 Å². The standard InChI is InChI=1S/C21H29N5O3S2/c1-6-26(7-2)17-10-9-16(20(27)12-17)14-22-24-21(30)23-19-13-18(11-8-15(19)3)31(28,29)25(4)5/h8-14,27H,6-7H2,1-5H3,(H2,23,24,30)/b22-14+. The minimum atomic E-state index is -3.55. The Balaban J connectivity index is 2.08. The Morgan fingerprint density at radius 2 is 1.84 bits per heavy atom. The molecule has 3 N–H and O–H groups in total. The predicted octanol–water partition coefficient (Wildman–Crippen LogP) is 3.12. The summed E-state index contributed by atoms with van der Waals surface area (Å²) in [5, 5.41) is 17.5. The van der Waals surface area contributed by atoms with Gasteiger partial charge in [-0.2, -0.15) is 5.10 Å². The zero-order valence-electron chi connectivity index (χ0n) is 18.4. The highest BCUT2D eigenvalue weighted by Crippen LogP contribution is 2.24. The smallest absolute Gasteiger partial charge is 0.242 e. The number of phenols is 1. The van der Waals surface area contributed by atoms with E-state index >= 15 is 0 Å². The van der Waals surface area contributed by atoms with Gasteiger partial charge in [0.25, 0.3) is 0 Å². The van der Waals surface area contributed by atoms with Gasteiger partial charge in [-0.25, -0.2) is 12.7 Å². The van der Waals surface area contributed by atoms with Crippen LogP contribution in [0.4, 0.5) is 11.4 Å². The first-order chi connectivity index (χ1) is 14.6. The van der Waals surface area contributed by atoms with E-state index in [1.807, 2.05) is 13.0 Å². The van der Waals surface area contributed by atoms with Gasteiger partial charge >= 0.3 is 0 Å². The van der Waals surface area contributed by atoms with Gasteiger partial charge in [0.05, 0.1) is 11.1 Å². The molecular weight excluding hydrogens is 434 g/mol. The molecule has 31 heavy (non-hydrogen) atoms. The monoisotopic (exact) mass is 463 g/mol. The molecule has 2 aromatic carbocycles. The van der Waals surface area contributed by atoms with Gasteiger partial charge in [0, 0.05) is 50.2 Å². The Morgan fingerprint density at radius 1 is 1.16 bits per heavy atom. The molecule has 0 bridgehead atoms. The molecular formula is C21H29N5O3S2. The number of aromatic hydroxyl groups is 1. The maximum absolute atomic E-state index is 12.3. The van der Waals surface area contributed by atoms with E-state index in [9.17, 15) is 13.5 Å². The molecule has 10 heteroatoms. The molecule has 0 spiro atoms. The number of hydrogen-bond acceptors (Lipinski definition) is 6. The van der Waals surface area contributed by atoms with Gasteiger partial charge < -0.3 is 15.3 Å². The summed E-state index contributed by atoms with van der Waals surface area (Å²) in [4.78, 5) is 2.29. The second kappa shape index (κ2) is 10.6. The maximum Gasteiger partial charge on any atom is 0.242 e. The van der Waals surface area contributed by atoms with Crippen LogP contribution in [0.5, 0.6) is 5.75 Å². The molecule has 0 aliphatic heterocycles. The van der Waals surface area contributed by atoms with Crippen molar-refractivity contribution >= 4 is 44.9 Å². The Morgan fingerprint density at radius 3 is 2.42 bits per heavy atom. The molecule has 2 rings (SSSR count). The van der Waals surface area contributed by atoms with Gasteiger partial charge in [-0.15, -0.1) is 0 Å². The van der Waals surface area contributed by atoms with Gasteiger partial charge in [-0.3, -0.25) is 5.43 Å². The van der Waals surface area contributed by atoms with Crippen LogP contribution in [0.3, 0.4) is 0 Å². The van der Waals surface area contributed by atoms with Crippen molar-refractivity contribution in [2.45, 2.75) is 25.7 Å². The number of hydrogen-bond donors (Lipinski definition) is 3. The van der Waals surface area contributed by atoms with Gasteiger partial charge in [-0.1, -0.05) is 6.07 Å². The number of anilines is 2. The number of nitrogens with one attached hydrogen (secondary N) is 2. The minimum absolute atomic E-state index is 0.117. The first kappa shape index (κ1) is 24.6. The van der Waals surface area contributed by atoms with E-state index in [2.05, 4.69) is 34.6 Å². The van der Waals surface area contributed by atoms with Crippen LogP contribution in [-0.2, 0) is 10.0 Å². The van der Waals surface area contributed by atoms with Crippen molar-refractivity contribution in [1.29, 1.82) is 0 Å². The average molecular weight is 464 g/mol. The van der Waals surface area contributed by atoms with Crippen molar-refractivity contribution in [2.24, 2.45) is 5.10 Å². The fourth-order valence-corrected chi connectivity index (χ4v) is 3.94. The SMILES string of the molecule is CCN(CC)c1ccc(/C=N/NC(=S)Nc2cc(S(=O)(=O)N(C)C)ccc2C)c(O)c1. The van der Waals surface area contributed by atoms with Crippen LogP contribution in [0.15, 0.2) is 46.4 Å². The van der Waals surface area contributed by atoms with Crippen molar-refractivity contribution in [1.82, 2.24) is 9.73 Å². The topological polar surface area (TPSA) is 97.3 Å². The number of phenolic OH excluding ortho intramolecular Hbond substituents is 1. The van der Waals surface area contributed by atoms with Crippen molar-refractivity contribution < 1.29 is 13.5 Å². The van der Waals surface area contributed by atoms with Gasteiger partial charge in [0.2, 0.25) is 10.0 Å². The molecule has 0 aliphatic rings. The van der Waals surface area contributed by atoms with E-state index in [4.69, 9.17) is 12.2 Å². The van der Waals surface area contributed by atoms with Gasteiger partial charge in [0.15, 0.2) is 5.11 Å². The molecule has 0 saturated carbocycles. The van der Waals surface area contributed by atoms with Crippen molar-refractivity contribution in [3.05, 3.63) is 47.5 Å². The quantitative estimate of drug-likeness (QED) is 0.314. The summed E-state index contributed by atoms with van der Waals surface area (Å²) < 4.78 is 25.8. The number of hydrazone groups is 1. The second-order valence-electron chi connectivity index (χ2n) is 7.00. The van der Waals surface area contributed by atoms with Crippen LogP contribution in [0, 0.1) is 6.92 Å². The molecule has 0 aliphatic carbocycles. The fraction of sp³-hybridized carbons (Fsp3) is 0.333. The van der Waals surface area contributed by atoms with Crippen LogP contribution in [0.25, 0.3) is 0 Å². The lowest BCUT2D eigenvalue weighted by molar-refractivity contribution is 0.474. The number of sulfonamides is 1. The van der Waals surface area contributed by atoms with Crippen LogP contribution in [0.1, 0.15) is 25.0 Å². The largest absolute Gasteiger partial charge is 0.507 e. The highest BCUT2D eigenvalue weighted by molar-refractivity contribution is 7.89. The van der Waals surface area contributed by atoms with Gasteiger partial charge in [0.1, 0.15) is 5.75 Å². The molecule has 168 valence electrons. The number of benzene rings is 2. The summed E-state index contributed by atoms with van der Waals surface area (Å²) in [5.74, 6) is 0.117. The van der Waals surface area contributed by atoms with E-state index in [0.29, 0.717) is 11.3 Å². The van der Waals surface area contributed by atoms with E-state index in [1.165, 1.54) is 26.4 Å². The first-order valence-electron chi connectivity index (χ1n) is 9.81. The Hall–Kier alpha value is -2.69. The van der Waals surface area contributed by atoms with Crippen LogP contribution >= 0.6 is 12.2 Å². The zero-order valence-corrected chi connectivity index (χ0v) is 20.0. The molecule has 0 fully saturated rings. The second-order valence-corrected chi connectivity index (χ2v) is 9.56. The van der Waals surface area contributed by atoms with Crippen molar-refractivity contribution in [3.8, 4) is 5.75 Å². The molecule has 0 heterocycles. The van der Waals surface area contributed by atoms with Crippen LogP contribution in [-0.4, -0.2) is 56.3 Å². The summed E-state index contributed by atoms with van der Waals surface area (Å²) in [5.41, 5.74) is 5.55. The molecule has 0 aromatic heterocycles. The summed E-state index contributed by atoms with van der Waals surface area (Å²) in [6, 6.07) is 10.2. The maximum atomic E-state index is 12.3. The van der Waals surface area contributed by atoms with Crippen LogP contribution in [0.2, 0.25) is 0 Å². The lowest BCUT2D eigenvalue weighted by Crippen LogP contribution is -2.25. The number of rotatable bonds is 8. The van der Waals surface area contributed by atoms with E-state index < -0.39 is 10.0 Å². The molecule has 0 atom stereocenters. The van der Waals surface area contributed by atoms with E-state index in [0.717, 1.165) is 28.6 Å². The number of nitrogens with zero attached hydrogens (tertiary/aromatic N) is 3. The Labute approximate surface area is 189 Å². The third-order valence-electron chi connectivity index (χ3n) is 4.75. The third-order valence-corrected chi connectivity index (χ3v) is 6.75. The van der Waals surface area contributed by atoms with Crippen molar-refractivity contribution in [2.75, 3.05) is 37.4 Å². The summed E-state index contributed by atoms with van der Waals surface area (Å²) >= 11 is 5.25. The third kappa shape index (κ3) is 6.16. The average Bonchev–Trinajstić information content (AvgIpc) is 2.71. The minimum Gasteiger partial charge on any atom is -0.507 e. The lowest BCUT2D eigenvalue weighted by Gasteiger charge is -2.21. The summed E-state index contributed by atoms with van der Waals surface area (Å²) in [6.07, 6.45) is 1.47. The fourth-order valence-electron chi connectivity index (χ4n) is 2.84. The summed E-state index contributed by atoms with van der Waals surface area (Å²) in [6.45, 7) is 7.65. The first-order valence-corrected chi connectivity index (χ1v) is 11.7. The van der Waals surface area contributed by atoms with E-state index in [1.54, 1.807) is 24.3 Å². The van der Waals surface area contributed by atoms with Crippen molar-refractivity contribution in [3.63, 3.8) is 0 Å². The highest BCUT2D eigenvalue weighted by Gasteiger charge is 2.18. The Kier molecular flexibility index (Phi) is 8.37. The van der Waals surface area contributed by atoms with E-state index in [-0.39, 0.29) is 15.8 Å². The normalized spacial score (nSPS) is 11.7. The molecule has 2 aromatic rings. The molecule has 0 amide bonds. The molecule has 0 radical (unpaired) electrons. The summed E-state index contributed by atoms with van der Waals surface area (Å²) in [7, 11) is -0.596. The molecule has 0 saturated heterocycles. The molecule has 8 nitrogen and oxygen atoms in total. The lowest BCUT2D eigenvalue weighted by atomic mass is 10.2. The molecule has 0 unspecified atom stereocenters. The number of thiocarbonyl (C=S) groups is 1. The Bertz CT molecular complexity index is 1060. The number of aryl methyl sites for hydroxylation is 1. The zero-order chi connectivity index (χ0) is 23.2. The highest BCUT2D eigenvalue weighted by atomic mass is 32.2. The van der Waals surface area contributed by atoms with Gasteiger partial charge in [-0.05, 0) is 62.8 Å².